The summed E-state index contributed by atoms with van der Waals surface area (Å²) in [6.45, 7) is 1.86. The van der Waals surface area contributed by atoms with Gasteiger partial charge in [0, 0.05) is 32.4 Å². The predicted molar refractivity (Wildman–Crippen MR) is 138 cm³/mol. The SMILES string of the molecule is CO[C@@H]1[C@@H](OC)[C@H](C)O[C@@H](ON=Cc2ccc3c(ccc4c3ncn4-c3ccc(OC(F)(F)F)cc3)n2)[C@@H]1OC. The summed E-state index contributed by atoms with van der Waals surface area (Å²) in [6, 6.07) is 12.9. The summed E-state index contributed by atoms with van der Waals surface area (Å²) in [6.07, 6.45) is -4.11. The van der Waals surface area contributed by atoms with E-state index >= 15 is 0 Å². The van der Waals surface area contributed by atoms with Crippen LogP contribution in [0.3, 0.4) is 0 Å². The summed E-state index contributed by atoms with van der Waals surface area (Å²) in [5.74, 6) is -0.298. The molecule has 10 nitrogen and oxygen atoms in total. The Kier molecular flexibility index (Phi) is 7.90. The smallest absolute Gasteiger partial charge is 0.406 e. The van der Waals surface area contributed by atoms with Gasteiger partial charge in [0.25, 0.3) is 6.29 Å². The van der Waals surface area contributed by atoms with Gasteiger partial charge in [0.15, 0.2) is 6.10 Å². The van der Waals surface area contributed by atoms with Crippen molar-refractivity contribution in [2.45, 2.75) is 44.0 Å². The number of oxime groups is 1. The summed E-state index contributed by atoms with van der Waals surface area (Å²) < 4.78 is 65.6. The average Bonchev–Trinajstić information content (AvgIpc) is 3.36. The molecular weight excluding hydrogens is 533 g/mol. The number of rotatable bonds is 8. The summed E-state index contributed by atoms with van der Waals surface area (Å²) in [5, 5.41) is 4.87. The number of alkyl halides is 3. The second-order valence-corrected chi connectivity index (χ2v) is 9.04. The van der Waals surface area contributed by atoms with Crippen LogP contribution in [0.2, 0.25) is 0 Å². The van der Waals surface area contributed by atoms with E-state index < -0.39 is 24.9 Å². The number of ether oxygens (including phenoxy) is 5. The summed E-state index contributed by atoms with van der Waals surface area (Å²) >= 11 is 0. The van der Waals surface area contributed by atoms with Crippen LogP contribution < -0.4 is 4.74 Å². The predicted octanol–water partition coefficient (Wildman–Crippen LogP) is 4.61. The van der Waals surface area contributed by atoms with E-state index in [1.54, 1.807) is 31.2 Å². The highest BCUT2D eigenvalue weighted by Crippen LogP contribution is 2.29. The van der Waals surface area contributed by atoms with E-state index in [1.807, 2.05) is 25.1 Å². The van der Waals surface area contributed by atoms with Crippen LogP contribution in [-0.2, 0) is 23.8 Å². The normalized spacial score (nSPS) is 23.7. The van der Waals surface area contributed by atoms with Gasteiger partial charge >= 0.3 is 6.36 Å². The number of aromatic nitrogens is 3. The molecule has 13 heteroatoms. The molecule has 5 atom stereocenters. The van der Waals surface area contributed by atoms with E-state index in [0.29, 0.717) is 22.4 Å². The maximum Gasteiger partial charge on any atom is 0.573 e. The molecule has 1 fully saturated rings. The summed E-state index contributed by atoms with van der Waals surface area (Å²) in [5.41, 5.74) is 3.30. The van der Waals surface area contributed by atoms with Gasteiger partial charge in [-0.25, -0.2) is 9.97 Å². The molecule has 1 saturated heterocycles. The molecule has 5 rings (SSSR count). The Bertz CT molecular complexity index is 1490. The van der Waals surface area contributed by atoms with Crippen LogP contribution in [-0.4, -0.2) is 79.1 Å². The summed E-state index contributed by atoms with van der Waals surface area (Å²) in [4.78, 5) is 14.8. The molecule has 1 aliphatic heterocycles. The maximum absolute atomic E-state index is 12.5. The van der Waals surface area contributed by atoms with Gasteiger partial charge in [-0.3, -0.25) is 4.57 Å². The molecule has 2 aromatic heterocycles. The zero-order chi connectivity index (χ0) is 28.4. The Morgan fingerprint density at radius 1 is 0.925 bits per heavy atom. The number of fused-ring (bicyclic) bond motifs is 3. The third-order valence-electron chi connectivity index (χ3n) is 6.65. The highest BCUT2D eigenvalue weighted by molar-refractivity contribution is 6.03. The Balaban J connectivity index is 1.33. The molecule has 1 aliphatic rings. The van der Waals surface area contributed by atoms with E-state index in [2.05, 4.69) is 19.9 Å². The van der Waals surface area contributed by atoms with E-state index in [4.69, 9.17) is 23.8 Å². The van der Waals surface area contributed by atoms with Crippen LogP contribution >= 0.6 is 0 Å². The number of imidazole rings is 1. The standard InChI is InChI=1S/C27H27F3N4O6/c1-15-23(35-2)24(36-3)25(37-4)26(38-15)40-32-13-16-5-10-19-20(33-16)11-12-21-22(19)31-14-34(21)17-6-8-18(9-7-17)39-27(28,29)30/h5-15,23-26H,1-4H3/t15-,23-,24+,25+,26-/m0/s1. The molecule has 0 amide bonds. The molecule has 0 aliphatic carbocycles. The first kappa shape index (κ1) is 27.8. The van der Waals surface area contributed by atoms with Crippen LogP contribution in [0.5, 0.6) is 5.75 Å². The van der Waals surface area contributed by atoms with Gasteiger partial charge in [0.1, 0.15) is 24.3 Å². The van der Waals surface area contributed by atoms with Crippen molar-refractivity contribution in [1.29, 1.82) is 0 Å². The zero-order valence-electron chi connectivity index (χ0n) is 22.0. The van der Waals surface area contributed by atoms with Crippen molar-refractivity contribution in [3.63, 3.8) is 0 Å². The van der Waals surface area contributed by atoms with Gasteiger partial charge in [0.2, 0.25) is 0 Å². The number of methoxy groups -OCH3 is 3. The van der Waals surface area contributed by atoms with Gasteiger partial charge in [-0.05, 0) is 55.5 Å². The van der Waals surface area contributed by atoms with E-state index in [-0.39, 0.29) is 18.0 Å². The Hall–Kier alpha value is -3.78. The highest BCUT2D eigenvalue weighted by Gasteiger charge is 2.47. The summed E-state index contributed by atoms with van der Waals surface area (Å²) in [7, 11) is 4.69. The van der Waals surface area contributed by atoms with Crippen molar-refractivity contribution in [2.75, 3.05) is 21.3 Å². The van der Waals surface area contributed by atoms with Gasteiger partial charge < -0.3 is 28.5 Å². The Morgan fingerprint density at radius 2 is 1.65 bits per heavy atom. The number of pyridine rings is 1. The fourth-order valence-electron chi connectivity index (χ4n) is 4.83. The molecule has 0 N–H and O–H groups in total. The van der Waals surface area contributed by atoms with Crippen LogP contribution in [0.15, 0.2) is 60.0 Å². The first-order valence-corrected chi connectivity index (χ1v) is 12.3. The van der Waals surface area contributed by atoms with Gasteiger partial charge in [-0.2, -0.15) is 0 Å². The van der Waals surface area contributed by atoms with E-state index in [0.717, 1.165) is 10.9 Å². The van der Waals surface area contributed by atoms with E-state index in [1.165, 1.54) is 37.6 Å². The second-order valence-electron chi connectivity index (χ2n) is 9.04. The van der Waals surface area contributed by atoms with Crippen molar-refractivity contribution >= 4 is 28.2 Å². The van der Waals surface area contributed by atoms with Crippen molar-refractivity contribution in [3.05, 3.63) is 60.6 Å². The maximum atomic E-state index is 12.5. The Morgan fingerprint density at radius 3 is 2.33 bits per heavy atom. The average molecular weight is 561 g/mol. The third kappa shape index (κ3) is 5.59. The molecule has 0 saturated carbocycles. The number of hydrogen-bond acceptors (Lipinski definition) is 9. The second kappa shape index (κ2) is 11.4. The van der Waals surface area contributed by atoms with Crippen molar-refractivity contribution in [3.8, 4) is 11.4 Å². The first-order chi connectivity index (χ1) is 19.2. The minimum Gasteiger partial charge on any atom is -0.406 e. The number of benzene rings is 2. The van der Waals surface area contributed by atoms with Crippen LogP contribution in [0.4, 0.5) is 13.2 Å². The number of hydrogen-bond donors (Lipinski definition) is 0. The molecule has 0 bridgehead atoms. The molecular formula is C27H27F3N4O6. The largest absolute Gasteiger partial charge is 0.573 e. The van der Waals surface area contributed by atoms with Crippen LogP contribution in [0.25, 0.3) is 27.6 Å². The lowest BCUT2D eigenvalue weighted by molar-refractivity contribution is -0.305. The van der Waals surface area contributed by atoms with Gasteiger partial charge in [-0.1, -0.05) is 5.16 Å². The zero-order valence-corrected chi connectivity index (χ0v) is 22.0. The number of halogens is 3. The molecule has 3 heterocycles. The molecule has 4 aromatic rings. The van der Waals surface area contributed by atoms with Crippen LogP contribution in [0.1, 0.15) is 12.6 Å². The minimum atomic E-state index is -4.75. The highest BCUT2D eigenvalue weighted by atomic mass is 19.4. The third-order valence-corrected chi connectivity index (χ3v) is 6.65. The fourth-order valence-corrected chi connectivity index (χ4v) is 4.83. The molecule has 212 valence electrons. The lowest BCUT2D eigenvalue weighted by Gasteiger charge is -2.42. The fraction of sp³-hybridized carbons (Fsp3) is 0.370. The monoisotopic (exact) mass is 560 g/mol. The molecule has 2 aromatic carbocycles. The molecule has 0 radical (unpaired) electrons. The van der Waals surface area contributed by atoms with Gasteiger partial charge in [0.05, 0.1) is 34.6 Å². The number of nitrogens with zero attached hydrogens (tertiary/aromatic N) is 4. The topological polar surface area (TPSA) is 98.5 Å². The van der Waals surface area contributed by atoms with Crippen molar-refractivity contribution in [2.24, 2.45) is 5.16 Å². The van der Waals surface area contributed by atoms with Crippen LogP contribution in [0, 0.1) is 0 Å². The van der Waals surface area contributed by atoms with Gasteiger partial charge in [-0.15, -0.1) is 13.2 Å². The quantitative estimate of drug-likeness (QED) is 0.228. The van der Waals surface area contributed by atoms with Crippen molar-refractivity contribution < 1.29 is 41.7 Å². The van der Waals surface area contributed by atoms with E-state index in [9.17, 15) is 13.2 Å². The lowest BCUT2D eigenvalue weighted by atomic mass is 9.99. The lowest BCUT2D eigenvalue weighted by Crippen LogP contribution is -2.59. The Labute approximate surface area is 227 Å². The first-order valence-electron chi connectivity index (χ1n) is 12.3. The molecule has 0 unspecified atom stereocenters. The van der Waals surface area contributed by atoms with Crippen molar-refractivity contribution in [1.82, 2.24) is 14.5 Å². The molecule has 0 spiro atoms. The minimum absolute atomic E-state index is 0.298. The molecule has 40 heavy (non-hydrogen) atoms.